The number of ether oxygens (including phenoxy) is 2. The zero-order valence-electron chi connectivity index (χ0n) is 17.4. The summed E-state index contributed by atoms with van der Waals surface area (Å²) >= 11 is 22.5. The molecule has 1 fully saturated rings. The lowest BCUT2D eigenvalue weighted by Gasteiger charge is -2.13. The van der Waals surface area contributed by atoms with Crippen molar-refractivity contribution in [2.75, 3.05) is 6.54 Å². The van der Waals surface area contributed by atoms with Crippen LogP contribution in [0.2, 0.25) is 15.1 Å². The Kier molecular flexibility index (Phi) is 8.75. The molecule has 1 aliphatic rings. The second kappa shape index (κ2) is 11.1. The van der Waals surface area contributed by atoms with E-state index in [0.717, 1.165) is 22.2 Å². The second-order valence-electron chi connectivity index (χ2n) is 7.16. The van der Waals surface area contributed by atoms with Gasteiger partial charge in [0.05, 0.1) is 30.5 Å². The van der Waals surface area contributed by atoms with E-state index >= 15 is 0 Å². The molecule has 0 aliphatic carbocycles. The van der Waals surface area contributed by atoms with Crippen molar-refractivity contribution in [1.82, 2.24) is 4.90 Å². The number of amides is 2. The molecule has 2 amide bonds. The molecule has 0 N–H and O–H groups in total. The number of halogens is 4. The summed E-state index contributed by atoms with van der Waals surface area (Å²) in [6.45, 7) is 3.14. The number of nitrogens with zero attached hydrogens (tertiary/aromatic N) is 1. The first kappa shape index (κ1) is 25.9. The number of rotatable bonds is 7. The van der Waals surface area contributed by atoms with Crippen molar-refractivity contribution >= 4 is 85.7 Å². The van der Waals surface area contributed by atoms with E-state index in [0.29, 0.717) is 30.9 Å². The molecule has 2 aromatic rings. The summed E-state index contributed by atoms with van der Waals surface area (Å²) in [4.78, 5) is 37.7. The summed E-state index contributed by atoms with van der Waals surface area (Å²) in [5.74, 6) is -0.815. The zero-order chi connectivity index (χ0) is 24.3. The summed E-state index contributed by atoms with van der Waals surface area (Å²) in [6, 6.07) is 8.48. The van der Waals surface area contributed by atoms with Crippen molar-refractivity contribution in [3.05, 3.63) is 65.9 Å². The molecule has 1 aliphatic heterocycles. The number of esters is 1. The van der Waals surface area contributed by atoms with Crippen LogP contribution in [0.5, 0.6) is 5.75 Å². The van der Waals surface area contributed by atoms with Gasteiger partial charge in [0.1, 0.15) is 13.2 Å². The van der Waals surface area contributed by atoms with Gasteiger partial charge in [0.2, 0.25) is 0 Å². The Morgan fingerprint density at radius 3 is 2.48 bits per heavy atom. The van der Waals surface area contributed by atoms with Crippen molar-refractivity contribution in [3.63, 3.8) is 0 Å². The predicted octanol–water partition coefficient (Wildman–Crippen LogP) is 6.98. The summed E-state index contributed by atoms with van der Waals surface area (Å²) in [7, 11) is 0. The Labute approximate surface area is 218 Å². The molecule has 0 radical (unpaired) electrons. The van der Waals surface area contributed by atoms with E-state index in [1.165, 1.54) is 6.08 Å². The topological polar surface area (TPSA) is 72.9 Å². The summed E-state index contributed by atoms with van der Waals surface area (Å²) in [5.41, 5.74) is 1.38. The van der Waals surface area contributed by atoms with Gasteiger partial charge in [-0.25, -0.2) is 0 Å². The molecule has 11 heteroatoms. The maximum Gasteiger partial charge on any atom is 0.326 e. The molecule has 0 aromatic heterocycles. The van der Waals surface area contributed by atoms with Crippen LogP contribution in [-0.2, 0) is 20.9 Å². The Morgan fingerprint density at radius 1 is 1.12 bits per heavy atom. The molecule has 0 bridgehead atoms. The van der Waals surface area contributed by atoms with E-state index in [9.17, 15) is 14.4 Å². The third kappa shape index (κ3) is 6.67. The highest BCUT2D eigenvalue weighted by Crippen LogP contribution is 2.38. The molecular formula is C22H17BrCl3NO5S. The highest BCUT2D eigenvalue weighted by atomic mass is 79.9. The molecule has 3 rings (SSSR count). The van der Waals surface area contributed by atoms with E-state index < -0.39 is 23.7 Å². The standard InChI is InChI=1S/C22H17BrCl3NO5S/c1-11(2)32-19(28)9-27-21(29)18(33-22(27)30)8-13-5-14(23)20(17(26)7-13)31-10-12-3-4-15(24)16(25)6-12/h3-8,11H,9-10H2,1-2H3/b18-8+. The van der Waals surface area contributed by atoms with Crippen LogP contribution in [-0.4, -0.2) is 34.7 Å². The fraction of sp³-hybridized carbons (Fsp3) is 0.227. The average Bonchev–Trinajstić information content (AvgIpc) is 2.96. The first-order valence-electron chi connectivity index (χ1n) is 9.55. The first-order valence-corrected chi connectivity index (χ1v) is 12.3. The van der Waals surface area contributed by atoms with Crippen LogP contribution in [0.4, 0.5) is 4.79 Å². The SMILES string of the molecule is CC(C)OC(=O)CN1C(=O)S/C(=C/c2cc(Cl)c(OCc3ccc(Cl)c(Cl)c3)c(Br)c2)C1=O. The average molecular weight is 594 g/mol. The van der Waals surface area contributed by atoms with E-state index in [-0.39, 0.29) is 17.6 Å². The van der Waals surface area contributed by atoms with Crippen molar-refractivity contribution < 1.29 is 23.9 Å². The number of hydrogen-bond acceptors (Lipinski definition) is 6. The summed E-state index contributed by atoms with van der Waals surface area (Å²) in [5, 5.41) is 0.629. The van der Waals surface area contributed by atoms with Crippen LogP contribution >= 0.6 is 62.5 Å². The molecule has 6 nitrogen and oxygen atoms in total. The van der Waals surface area contributed by atoms with Crippen molar-refractivity contribution in [2.45, 2.75) is 26.6 Å². The van der Waals surface area contributed by atoms with Gasteiger partial charge in [0.15, 0.2) is 5.75 Å². The summed E-state index contributed by atoms with van der Waals surface area (Å²) < 4.78 is 11.4. The molecule has 1 saturated heterocycles. The highest BCUT2D eigenvalue weighted by Gasteiger charge is 2.36. The number of benzene rings is 2. The molecule has 2 aromatic carbocycles. The maximum atomic E-state index is 12.6. The fourth-order valence-corrected chi connectivity index (χ4v) is 4.95. The number of imide groups is 1. The molecular weight excluding hydrogens is 577 g/mol. The molecule has 33 heavy (non-hydrogen) atoms. The third-order valence-corrected chi connectivity index (χ3v) is 6.73. The Balaban J connectivity index is 1.73. The minimum Gasteiger partial charge on any atom is -0.486 e. The Morgan fingerprint density at radius 2 is 1.85 bits per heavy atom. The van der Waals surface area contributed by atoms with Crippen molar-refractivity contribution in [3.8, 4) is 5.75 Å². The van der Waals surface area contributed by atoms with Gasteiger partial charge in [-0.1, -0.05) is 40.9 Å². The van der Waals surface area contributed by atoms with Gasteiger partial charge in [-0.3, -0.25) is 19.3 Å². The largest absolute Gasteiger partial charge is 0.486 e. The molecule has 0 unspecified atom stereocenters. The molecule has 174 valence electrons. The van der Waals surface area contributed by atoms with E-state index in [4.69, 9.17) is 44.3 Å². The fourth-order valence-electron chi connectivity index (χ4n) is 2.80. The van der Waals surface area contributed by atoms with E-state index in [2.05, 4.69) is 15.9 Å². The van der Waals surface area contributed by atoms with Crippen LogP contribution in [0, 0.1) is 0 Å². The minimum absolute atomic E-state index is 0.171. The van der Waals surface area contributed by atoms with Gasteiger partial charge in [-0.05, 0) is 83.0 Å². The number of carbonyl (C=O) groups excluding carboxylic acids is 3. The predicted molar refractivity (Wildman–Crippen MR) is 134 cm³/mol. The number of carbonyl (C=O) groups is 3. The van der Waals surface area contributed by atoms with Crippen molar-refractivity contribution in [2.24, 2.45) is 0 Å². The van der Waals surface area contributed by atoms with Gasteiger partial charge in [-0.15, -0.1) is 0 Å². The van der Waals surface area contributed by atoms with Gasteiger partial charge < -0.3 is 9.47 Å². The van der Waals surface area contributed by atoms with Crippen LogP contribution in [0.3, 0.4) is 0 Å². The highest BCUT2D eigenvalue weighted by molar-refractivity contribution is 9.10. The van der Waals surface area contributed by atoms with Crippen LogP contribution in [0.25, 0.3) is 6.08 Å². The lowest BCUT2D eigenvalue weighted by atomic mass is 10.2. The Hall–Kier alpha value is -1.71. The van der Waals surface area contributed by atoms with E-state index in [1.807, 2.05) is 0 Å². The Bertz CT molecular complexity index is 1130. The lowest BCUT2D eigenvalue weighted by Crippen LogP contribution is -2.35. The lowest BCUT2D eigenvalue weighted by molar-refractivity contribution is -0.149. The van der Waals surface area contributed by atoms with Gasteiger partial charge in [0.25, 0.3) is 11.1 Å². The van der Waals surface area contributed by atoms with Crippen LogP contribution in [0.15, 0.2) is 39.7 Å². The number of thioether (sulfide) groups is 1. The molecule has 0 atom stereocenters. The summed E-state index contributed by atoms with van der Waals surface area (Å²) in [6.07, 6.45) is 1.18. The minimum atomic E-state index is -0.650. The van der Waals surface area contributed by atoms with Crippen molar-refractivity contribution in [1.29, 1.82) is 0 Å². The van der Waals surface area contributed by atoms with Gasteiger partial charge in [0, 0.05) is 0 Å². The monoisotopic (exact) mass is 591 g/mol. The van der Waals surface area contributed by atoms with Crippen LogP contribution < -0.4 is 4.74 Å². The van der Waals surface area contributed by atoms with Crippen LogP contribution in [0.1, 0.15) is 25.0 Å². The van der Waals surface area contributed by atoms with Gasteiger partial charge in [-0.2, -0.15) is 0 Å². The molecule has 0 saturated carbocycles. The second-order valence-corrected chi connectivity index (χ2v) is 10.2. The smallest absolute Gasteiger partial charge is 0.326 e. The van der Waals surface area contributed by atoms with Gasteiger partial charge >= 0.3 is 5.97 Å². The maximum absolute atomic E-state index is 12.6. The molecule has 1 heterocycles. The number of hydrogen-bond donors (Lipinski definition) is 0. The third-order valence-electron chi connectivity index (χ3n) is 4.21. The van der Waals surface area contributed by atoms with E-state index in [1.54, 1.807) is 44.2 Å². The molecule has 0 spiro atoms. The quantitative estimate of drug-likeness (QED) is 0.255. The first-order chi connectivity index (χ1) is 15.5. The normalized spacial score (nSPS) is 15.0. The zero-order valence-corrected chi connectivity index (χ0v) is 22.0.